The number of methoxy groups -OCH3 is 1. The molecule has 0 saturated carbocycles. The molecule has 1 aromatic carbocycles. The van der Waals surface area contributed by atoms with E-state index in [1.165, 1.54) is 6.92 Å². The van der Waals surface area contributed by atoms with Crippen molar-refractivity contribution < 1.29 is 38.5 Å². The highest BCUT2D eigenvalue weighted by molar-refractivity contribution is 5.87. The largest absolute Gasteiger partial charge is 0.497 e. The molecule has 11 heteroatoms. The molecule has 0 heterocycles. The normalized spacial score (nSPS) is 15.7. The molecule has 0 spiro atoms. The van der Waals surface area contributed by atoms with Gasteiger partial charge in [-0.15, -0.1) is 0 Å². The summed E-state index contributed by atoms with van der Waals surface area (Å²) in [5, 5.41) is 19.3. The standard InChI is InChI=1S/C33H55N3O8/c1-11-21(4)28(27(38)19-24(37)15-12-20(2)3)35-30(39)29(36-32(41)44-33(6,7)8)22(5)43-31(40)26(34-9)18-23-13-16-25(42-10)17-14-23/h13-14,16-17,20-22,26-29,34,38H,11-12,15,18-19H2,1-10H3,(H,35,39)(H,36,41)/t21-,22+,26-,27-,28+,29-/m0/s1. The van der Waals surface area contributed by atoms with Gasteiger partial charge in [-0.25, -0.2) is 4.79 Å². The summed E-state index contributed by atoms with van der Waals surface area (Å²) in [6.45, 7) is 14.4. The molecule has 0 aliphatic rings. The summed E-state index contributed by atoms with van der Waals surface area (Å²) in [5.41, 5.74) is 0.0242. The Balaban J connectivity index is 3.16. The number of amides is 2. The third-order valence-electron chi connectivity index (χ3n) is 7.38. The quantitative estimate of drug-likeness (QED) is 0.179. The number of carbonyl (C=O) groups excluding carboxylic acids is 4. The number of carbonyl (C=O) groups is 4. The summed E-state index contributed by atoms with van der Waals surface area (Å²) in [4.78, 5) is 52.2. The SMILES string of the molecule is CC[C@H](C)[C@@H](NC(=O)[C@@H](NC(=O)OC(C)(C)C)[C@@H](C)OC(=O)[C@H](Cc1ccc(OC)cc1)NC)[C@@H](O)CC(=O)CCC(C)C. The van der Waals surface area contributed by atoms with Crippen LogP contribution < -0.4 is 20.7 Å². The summed E-state index contributed by atoms with van der Waals surface area (Å²) in [6, 6.07) is 4.41. The minimum Gasteiger partial charge on any atom is -0.497 e. The van der Waals surface area contributed by atoms with Crippen molar-refractivity contribution in [2.75, 3.05) is 14.2 Å². The van der Waals surface area contributed by atoms with Gasteiger partial charge in [0.05, 0.1) is 19.3 Å². The van der Waals surface area contributed by atoms with E-state index in [4.69, 9.17) is 14.2 Å². The lowest BCUT2D eigenvalue weighted by molar-refractivity contribution is -0.153. The number of ketones is 1. The Morgan fingerprint density at radius 2 is 1.59 bits per heavy atom. The van der Waals surface area contributed by atoms with Crippen molar-refractivity contribution >= 4 is 23.8 Å². The van der Waals surface area contributed by atoms with E-state index in [0.717, 1.165) is 5.56 Å². The fraction of sp³-hybridized carbons (Fsp3) is 0.697. The predicted molar refractivity (Wildman–Crippen MR) is 169 cm³/mol. The van der Waals surface area contributed by atoms with Crippen LogP contribution in [0.4, 0.5) is 4.79 Å². The molecule has 250 valence electrons. The maximum Gasteiger partial charge on any atom is 0.408 e. The van der Waals surface area contributed by atoms with Crippen LogP contribution in [-0.2, 0) is 30.3 Å². The first-order valence-electron chi connectivity index (χ1n) is 15.5. The zero-order valence-corrected chi connectivity index (χ0v) is 28.2. The van der Waals surface area contributed by atoms with Gasteiger partial charge in [-0.3, -0.25) is 14.4 Å². The maximum atomic E-state index is 13.7. The summed E-state index contributed by atoms with van der Waals surface area (Å²) in [6.07, 6.45) is -1.23. The van der Waals surface area contributed by atoms with Crippen molar-refractivity contribution in [1.82, 2.24) is 16.0 Å². The van der Waals surface area contributed by atoms with Gasteiger partial charge in [-0.05, 0) is 77.1 Å². The number of esters is 1. The number of hydrogen-bond donors (Lipinski definition) is 4. The predicted octanol–water partition coefficient (Wildman–Crippen LogP) is 3.94. The van der Waals surface area contributed by atoms with Crippen molar-refractivity contribution in [2.24, 2.45) is 11.8 Å². The van der Waals surface area contributed by atoms with Crippen LogP contribution >= 0.6 is 0 Å². The third kappa shape index (κ3) is 14.1. The van der Waals surface area contributed by atoms with Crippen molar-refractivity contribution in [3.63, 3.8) is 0 Å². The highest BCUT2D eigenvalue weighted by Crippen LogP contribution is 2.18. The van der Waals surface area contributed by atoms with Crippen LogP contribution in [0.2, 0.25) is 0 Å². The van der Waals surface area contributed by atoms with Gasteiger partial charge in [0.2, 0.25) is 5.91 Å². The Hall–Kier alpha value is -3.18. The molecular formula is C33H55N3O8. The number of likely N-dealkylation sites (N-methyl/N-ethyl adjacent to an activating group) is 1. The first-order valence-corrected chi connectivity index (χ1v) is 15.5. The first-order chi connectivity index (χ1) is 20.5. The Morgan fingerprint density at radius 3 is 2.09 bits per heavy atom. The molecule has 6 atom stereocenters. The minimum atomic E-state index is -1.34. The van der Waals surface area contributed by atoms with Crippen molar-refractivity contribution in [2.45, 2.75) is 123 Å². The number of aliphatic hydroxyl groups excluding tert-OH is 1. The van der Waals surface area contributed by atoms with E-state index in [1.54, 1.807) is 47.1 Å². The average Bonchev–Trinajstić information content (AvgIpc) is 2.94. The van der Waals surface area contributed by atoms with Gasteiger partial charge >= 0.3 is 12.1 Å². The highest BCUT2D eigenvalue weighted by Gasteiger charge is 2.36. The Bertz CT molecular complexity index is 1050. The van der Waals surface area contributed by atoms with E-state index in [2.05, 4.69) is 16.0 Å². The summed E-state index contributed by atoms with van der Waals surface area (Å²) >= 11 is 0. The molecular weight excluding hydrogens is 566 g/mol. The van der Waals surface area contributed by atoms with Gasteiger partial charge in [0.1, 0.15) is 35.3 Å². The van der Waals surface area contributed by atoms with Crippen LogP contribution in [0.3, 0.4) is 0 Å². The number of alkyl carbamates (subject to hydrolysis) is 1. The molecule has 2 amide bonds. The van der Waals surface area contributed by atoms with Gasteiger partial charge < -0.3 is 35.3 Å². The molecule has 11 nitrogen and oxygen atoms in total. The number of Topliss-reactive ketones (excluding diaryl/α,β-unsaturated/α-hetero) is 1. The van der Waals surface area contributed by atoms with Crippen molar-refractivity contribution in [3.8, 4) is 5.75 Å². The monoisotopic (exact) mass is 621 g/mol. The van der Waals surface area contributed by atoms with E-state index in [1.807, 2.05) is 39.8 Å². The summed E-state index contributed by atoms with van der Waals surface area (Å²) in [7, 11) is 3.20. The van der Waals surface area contributed by atoms with Crippen LogP contribution in [0, 0.1) is 11.8 Å². The van der Waals surface area contributed by atoms with Crippen LogP contribution in [0.25, 0.3) is 0 Å². The van der Waals surface area contributed by atoms with Crippen LogP contribution in [0.15, 0.2) is 24.3 Å². The molecule has 0 aliphatic carbocycles. The summed E-state index contributed by atoms with van der Waals surface area (Å²) in [5.74, 6) is -0.530. The molecule has 0 radical (unpaired) electrons. The molecule has 0 aliphatic heterocycles. The lowest BCUT2D eigenvalue weighted by atomic mass is 9.90. The molecule has 0 saturated heterocycles. The summed E-state index contributed by atoms with van der Waals surface area (Å²) < 4.78 is 16.3. The molecule has 0 aromatic heterocycles. The van der Waals surface area contributed by atoms with Crippen LogP contribution in [0.1, 0.15) is 86.6 Å². The highest BCUT2D eigenvalue weighted by atomic mass is 16.6. The zero-order valence-electron chi connectivity index (χ0n) is 28.2. The number of benzene rings is 1. The first kappa shape index (κ1) is 38.8. The Morgan fingerprint density at radius 1 is 0.977 bits per heavy atom. The molecule has 4 N–H and O–H groups in total. The molecule has 0 bridgehead atoms. The second kappa shape index (κ2) is 18.6. The smallest absolute Gasteiger partial charge is 0.408 e. The lowest BCUT2D eigenvalue weighted by Crippen LogP contribution is -2.59. The second-order valence-electron chi connectivity index (χ2n) is 12.8. The molecule has 44 heavy (non-hydrogen) atoms. The third-order valence-corrected chi connectivity index (χ3v) is 7.38. The second-order valence-corrected chi connectivity index (χ2v) is 12.8. The van der Waals surface area contributed by atoms with Crippen molar-refractivity contribution in [1.29, 1.82) is 0 Å². The Kier molecular flexibility index (Phi) is 16.4. The van der Waals surface area contributed by atoms with E-state index in [0.29, 0.717) is 37.4 Å². The number of rotatable bonds is 18. The van der Waals surface area contributed by atoms with Gasteiger partial charge in [-0.1, -0.05) is 46.2 Å². The number of hydrogen-bond acceptors (Lipinski definition) is 9. The topological polar surface area (TPSA) is 152 Å². The number of aliphatic hydroxyl groups is 1. The van der Waals surface area contributed by atoms with Gasteiger partial charge in [0.25, 0.3) is 0 Å². The molecule has 1 aromatic rings. The number of ether oxygens (including phenoxy) is 3. The zero-order chi connectivity index (χ0) is 33.6. The molecule has 0 fully saturated rings. The lowest BCUT2D eigenvalue weighted by Gasteiger charge is -2.32. The Labute approximate surface area is 263 Å². The van der Waals surface area contributed by atoms with E-state index < -0.39 is 53.9 Å². The fourth-order valence-electron chi connectivity index (χ4n) is 4.50. The van der Waals surface area contributed by atoms with E-state index in [-0.39, 0.29) is 18.1 Å². The van der Waals surface area contributed by atoms with Gasteiger partial charge in [-0.2, -0.15) is 0 Å². The molecule has 0 unspecified atom stereocenters. The maximum absolute atomic E-state index is 13.7. The van der Waals surface area contributed by atoms with Gasteiger partial charge in [0, 0.05) is 12.8 Å². The van der Waals surface area contributed by atoms with Crippen LogP contribution in [0.5, 0.6) is 5.75 Å². The minimum absolute atomic E-state index is 0.0885. The van der Waals surface area contributed by atoms with E-state index >= 15 is 0 Å². The van der Waals surface area contributed by atoms with Crippen molar-refractivity contribution in [3.05, 3.63) is 29.8 Å². The van der Waals surface area contributed by atoms with E-state index in [9.17, 15) is 24.3 Å². The molecule has 1 rings (SSSR count). The fourth-order valence-corrected chi connectivity index (χ4v) is 4.50. The average molecular weight is 622 g/mol. The van der Waals surface area contributed by atoms with Crippen LogP contribution in [-0.4, -0.2) is 79.0 Å². The number of nitrogens with one attached hydrogen (secondary N) is 3. The van der Waals surface area contributed by atoms with Gasteiger partial charge in [0.15, 0.2) is 0 Å².